The average Bonchev–Trinajstić information content (AvgIpc) is 3.26. The van der Waals surface area contributed by atoms with Crippen LogP contribution >= 0.6 is 11.6 Å². The number of fused-ring (bicyclic) bond motifs is 2. The van der Waals surface area contributed by atoms with Gasteiger partial charge in [0.2, 0.25) is 5.88 Å². The predicted octanol–water partition coefficient (Wildman–Crippen LogP) is 5.03. The van der Waals surface area contributed by atoms with Crippen LogP contribution in [0, 0.1) is 23.6 Å². The first-order valence-electron chi connectivity index (χ1n) is 10.7. The van der Waals surface area contributed by atoms with E-state index in [1.807, 2.05) is 0 Å². The Morgan fingerprint density at radius 2 is 1.94 bits per heavy atom. The quantitative estimate of drug-likeness (QED) is 0.584. The maximum absolute atomic E-state index is 13.7. The largest absolute Gasteiger partial charge is 0.474 e. The van der Waals surface area contributed by atoms with Crippen LogP contribution < -0.4 is 10.1 Å². The molecule has 3 atom stereocenters. The summed E-state index contributed by atoms with van der Waals surface area (Å²) in [6.07, 6.45) is 4.23. The van der Waals surface area contributed by atoms with E-state index in [4.69, 9.17) is 16.3 Å². The first-order chi connectivity index (χ1) is 15.0. The monoisotopic (exact) mass is 439 g/mol. The molecule has 1 heterocycles. The fourth-order valence-corrected chi connectivity index (χ4v) is 5.24. The Kier molecular flexibility index (Phi) is 5.26. The molecule has 3 unspecified atom stereocenters. The van der Waals surface area contributed by atoms with Gasteiger partial charge in [0.05, 0.1) is 10.9 Å². The van der Waals surface area contributed by atoms with E-state index in [1.165, 1.54) is 18.5 Å². The number of ether oxygens (including phenoxy) is 1. The van der Waals surface area contributed by atoms with E-state index < -0.39 is 0 Å². The molecule has 5 nitrogen and oxygen atoms in total. The molecular formula is C24H23ClFN3O2. The standard InChI is InChI=1S/C24H23ClFN3O2/c1-2-20(29-23(30)13-3-5-14(25)6-4-13)22-17-10-16(11-18(17)22)31-24-19-9-15(26)7-8-21(19)27-12-28-24/h3-9,12,16-18,20,22H,2,10-11H2,1H3,(H,29,30). The van der Waals surface area contributed by atoms with Crippen molar-refractivity contribution in [1.82, 2.24) is 15.3 Å². The predicted molar refractivity (Wildman–Crippen MR) is 117 cm³/mol. The summed E-state index contributed by atoms with van der Waals surface area (Å²) >= 11 is 5.92. The van der Waals surface area contributed by atoms with Crippen molar-refractivity contribution in [1.29, 1.82) is 0 Å². The van der Waals surface area contributed by atoms with Gasteiger partial charge in [-0.25, -0.2) is 14.4 Å². The molecule has 0 radical (unpaired) electrons. The van der Waals surface area contributed by atoms with Crippen molar-refractivity contribution >= 4 is 28.4 Å². The Balaban J connectivity index is 1.21. The number of rotatable bonds is 6. The molecule has 160 valence electrons. The normalized spacial score (nSPS) is 25.1. The number of hydrogen-bond acceptors (Lipinski definition) is 4. The second-order valence-electron chi connectivity index (χ2n) is 8.45. The van der Waals surface area contributed by atoms with Gasteiger partial charge in [-0.05, 0) is 79.5 Å². The van der Waals surface area contributed by atoms with E-state index in [0.717, 1.165) is 19.3 Å². The molecule has 1 amide bonds. The summed E-state index contributed by atoms with van der Waals surface area (Å²) in [5, 5.41) is 4.42. The molecule has 0 aliphatic heterocycles. The van der Waals surface area contributed by atoms with Gasteiger partial charge < -0.3 is 10.1 Å². The van der Waals surface area contributed by atoms with Crippen LogP contribution in [-0.2, 0) is 0 Å². The Morgan fingerprint density at radius 1 is 1.19 bits per heavy atom. The first-order valence-corrected chi connectivity index (χ1v) is 11.0. The van der Waals surface area contributed by atoms with Gasteiger partial charge in [0, 0.05) is 16.6 Å². The van der Waals surface area contributed by atoms with E-state index in [9.17, 15) is 9.18 Å². The summed E-state index contributed by atoms with van der Waals surface area (Å²) in [7, 11) is 0. The van der Waals surface area contributed by atoms with Crippen LogP contribution in [0.5, 0.6) is 5.88 Å². The molecule has 3 aromatic rings. The van der Waals surface area contributed by atoms with Crippen LogP contribution in [0.15, 0.2) is 48.8 Å². The van der Waals surface area contributed by atoms with Crippen molar-refractivity contribution in [2.75, 3.05) is 0 Å². The number of halogens is 2. The number of carbonyl (C=O) groups is 1. The van der Waals surface area contributed by atoms with Crippen molar-refractivity contribution in [3.05, 3.63) is 65.2 Å². The number of carbonyl (C=O) groups excluding carboxylic acids is 1. The minimum Gasteiger partial charge on any atom is -0.474 e. The lowest BCUT2D eigenvalue weighted by Crippen LogP contribution is -2.37. The van der Waals surface area contributed by atoms with Gasteiger partial charge in [0.25, 0.3) is 5.91 Å². The third-order valence-electron chi connectivity index (χ3n) is 6.63. The van der Waals surface area contributed by atoms with E-state index in [1.54, 1.807) is 30.3 Å². The molecule has 0 spiro atoms. The molecule has 7 heteroatoms. The van der Waals surface area contributed by atoms with Crippen molar-refractivity contribution in [2.24, 2.45) is 17.8 Å². The molecule has 5 rings (SSSR count). The van der Waals surface area contributed by atoms with Gasteiger partial charge in [-0.2, -0.15) is 0 Å². The van der Waals surface area contributed by atoms with Gasteiger partial charge in [0.1, 0.15) is 18.2 Å². The van der Waals surface area contributed by atoms with E-state index in [0.29, 0.717) is 45.1 Å². The maximum Gasteiger partial charge on any atom is 0.251 e. The molecule has 2 aliphatic rings. The molecule has 2 fully saturated rings. The van der Waals surface area contributed by atoms with Crippen LogP contribution in [0.1, 0.15) is 36.5 Å². The molecule has 0 bridgehead atoms. The van der Waals surface area contributed by atoms with Gasteiger partial charge >= 0.3 is 0 Å². The lowest BCUT2D eigenvalue weighted by molar-refractivity contribution is 0.0924. The lowest BCUT2D eigenvalue weighted by Gasteiger charge is -2.22. The number of aromatic nitrogens is 2. The lowest BCUT2D eigenvalue weighted by atomic mass is 10.00. The minimum atomic E-state index is -0.330. The van der Waals surface area contributed by atoms with Gasteiger partial charge in [-0.3, -0.25) is 4.79 Å². The molecule has 2 aliphatic carbocycles. The summed E-state index contributed by atoms with van der Waals surface area (Å²) in [5.41, 5.74) is 1.29. The van der Waals surface area contributed by atoms with E-state index in [2.05, 4.69) is 22.2 Å². The zero-order valence-corrected chi connectivity index (χ0v) is 17.8. The van der Waals surface area contributed by atoms with Crippen LogP contribution in [0.4, 0.5) is 4.39 Å². The van der Waals surface area contributed by atoms with Crippen LogP contribution in [-0.4, -0.2) is 28.0 Å². The third-order valence-corrected chi connectivity index (χ3v) is 6.89. The summed E-state index contributed by atoms with van der Waals surface area (Å²) in [6.45, 7) is 2.11. The topological polar surface area (TPSA) is 64.1 Å². The van der Waals surface area contributed by atoms with Crippen molar-refractivity contribution in [3.8, 4) is 5.88 Å². The summed E-state index contributed by atoms with van der Waals surface area (Å²) in [6, 6.07) is 11.5. The van der Waals surface area contributed by atoms with Gasteiger partial charge in [-0.15, -0.1) is 0 Å². The second kappa shape index (κ2) is 8.08. The summed E-state index contributed by atoms with van der Waals surface area (Å²) in [5.74, 6) is 1.59. The molecule has 2 aromatic carbocycles. The zero-order chi connectivity index (χ0) is 21.5. The smallest absolute Gasteiger partial charge is 0.251 e. The third kappa shape index (κ3) is 3.97. The van der Waals surface area contributed by atoms with Crippen LogP contribution in [0.3, 0.4) is 0 Å². The van der Waals surface area contributed by atoms with Crippen LogP contribution in [0.25, 0.3) is 10.9 Å². The number of nitrogens with zero attached hydrogens (tertiary/aromatic N) is 2. The molecule has 0 saturated heterocycles. The van der Waals surface area contributed by atoms with E-state index >= 15 is 0 Å². The number of nitrogens with one attached hydrogen (secondary N) is 1. The Morgan fingerprint density at radius 3 is 2.65 bits per heavy atom. The Bertz CT molecular complexity index is 1110. The molecule has 1 N–H and O–H groups in total. The number of amides is 1. The van der Waals surface area contributed by atoms with Crippen molar-refractivity contribution in [2.45, 2.75) is 38.3 Å². The number of hydrogen-bond donors (Lipinski definition) is 1. The van der Waals surface area contributed by atoms with Crippen LogP contribution in [0.2, 0.25) is 5.02 Å². The maximum atomic E-state index is 13.7. The minimum absolute atomic E-state index is 0.0529. The average molecular weight is 440 g/mol. The molecule has 31 heavy (non-hydrogen) atoms. The van der Waals surface area contributed by atoms with Gasteiger partial charge in [0.15, 0.2) is 0 Å². The zero-order valence-electron chi connectivity index (χ0n) is 17.1. The highest BCUT2D eigenvalue weighted by molar-refractivity contribution is 6.30. The highest BCUT2D eigenvalue weighted by Crippen LogP contribution is 2.60. The van der Waals surface area contributed by atoms with Crippen molar-refractivity contribution in [3.63, 3.8) is 0 Å². The fourth-order valence-electron chi connectivity index (χ4n) is 5.12. The number of benzene rings is 2. The van der Waals surface area contributed by atoms with Gasteiger partial charge in [-0.1, -0.05) is 18.5 Å². The molecule has 2 saturated carbocycles. The SMILES string of the molecule is CCC(NC(=O)c1ccc(Cl)cc1)C1C2CC(Oc3ncnc4ccc(F)cc34)CC21. The fraction of sp³-hybridized carbons (Fsp3) is 0.375. The highest BCUT2D eigenvalue weighted by Gasteiger charge is 2.59. The molecule has 1 aromatic heterocycles. The first kappa shape index (κ1) is 20.2. The molecular weight excluding hydrogens is 417 g/mol. The highest BCUT2D eigenvalue weighted by atomic mass is 35.5. The summed E-state index contributed by atoms with van der Waals surface area (Å²) in [4.78, 5) is 21.0. The Hall–Kier alpha value is -2.73. The Labute approximate surface area is 185 Å². The second-order valence-corrected chi connectivity index (χ2v) is 8.89. The van der Waals surface area contributed by atoms with E-state index in [-0.39, 0.29) is 23.9 Å². The summed E-state index contributed by atoms with van der Waals surface area (Å²) < 4.78 is 19.8. The van der Waals surface area contributed by atoms with Crippen molar-refractivity contribution < 1.29 is 13.9 Å².